The largest absolute Gasteiger partial charge is 0.373 e. The van der Waals surface area contributed by atoms with Gasteiger partial charge in [-0.3, -0.25) is 4.79 Å². The smallest absolute Gasteiger partial charge is 0.265 e. The normalized spacial score (nSPS) is 20.1. The number of halogens is 1. The Balaban J connectivity index is 2.05. The lowest BCUT2D eigenvalue weighted by atomic mass is 10.2. The summed E-state index contributed by atoms with van der Waals surface area (Å²) in [4.78, 5) is 17.3. The number of aryl methyl sites for hydroxylation is 1. The number of likely N-dealkylation sites (N-methyl/N-ethyl adjacent to an activating group) is 1. The topological polar surface area (TPSA) is 32.8 Å². The van der Waals surface area contributed by atoms with Crippen LogP contribution in [0, 0.1) is 6.92 Å². The van der Waals surface area contributed by atoms with Gasteiger partial charge in [0.2, 0.25) is 0 Å². The number of hydrogen-bond acceptors (Lipinski definition) is 4. The van der Waals surface area contributed by atoms with Gasteiger partial charge in [0.25, 0.3) is 5.91 Å². The number of nitrogens with zero attached hydrogens (tertiary/aromatic N) is 2. The molecule has 1 unspecified atom stereocenters. The fourth-order valence-electron chi connectivity index (χ4n) is 2.14. The van der Waals surface area contributed by atoms with Crippen molar-refractivity contribution in [2.45, 2.75) is 13.0 Å². The van der Waals surface area contributed by atoms with Crippen molar-refractivity contribution in [1.29, 1.82) is 0 Å². The molecule has 6 heteroatoms. The Bertz CT molecular complexity index is 461. The van der Waals surface area contributed by atoms with Crippen molar-refractivity contribution in [3.63, 3.8) is 0 Å². The summed E-state index contributed by atoms with van der Waals surface area (Å²) >= 11 is 5.00. The third kappa shape index (κ3) is 3.56. The van der Waals surface area contributed by atoms with Crippen LogP contribution in [0.15, 0.2) is 9.85 Å². The van der Waals surface area contributed by atoms with Crippen LogP contribution in [-0.2, 0) is 4.74 Å². The fraction of sp³-hybridized carbons (Fsp3) is 0.615. The molecule has 106 valence electrons. The number of carbonyl (C=O) groups is 1. The van der Waals surface area contributed by atoms with Gasteiger partial charge < -0.3 is 14.5 Å². The van der Waals surface area contributed by atoms with E-state index in [2.05, 4.69) is 20.8 Å². The van der Waals surface area contributed by atoms with Crippen molar-refractivity contribution in [1.82, 2.24) is 9.80 Å². The average Bonchev–Trinajstić information content (AvgIpc) is 2.69. The summed E-state index contributed by atoms with van der Waals surface area (Å²) in [6.07, 6.45) is 0.104. The van der Waals surface area contributed by atoms with Crippen LogP contribution in [0.1, 0.15) is 15.2 Å². The molecule has 0 aliphatic carbocycles. The van der Waals surface area contributed by atoms with Crippen molar-refractivity contribution < 1.29 is 9.53 Å². The lowest BCUT2D eigenvalue weighted by Gasteiger charge is -2.34. The predicted octanol–water partition coefficient (Wildman–Crippen LogP) is 2.22. The molecule has 2 heterocycles. The van der Waals surface area contributed by atoms with Crippen LogP contribution in [0.5, 0.6) is 0 Å². The summed E-state index contributed by atoms with van der Waals surface area (Å²) in [5.41, 5.74) is 1.12. The Kier molecular flexibility index (Phi) is 5.00. The van der Waals surface area contributed by atoms with Crippen LogP contribution in [0.3, 0.4) is 0 Å². The maximum atomic E-state index is 12.5. The van der Waals surface area contributed by atoms with Crippen LogP contribution in [0.4, 0.5) is 0 Å². The maximum absolute atomic E-state index is 12.5. The summed E-state index contributed by atoms with van der Waals surface area (Å²) in [7, 11) is 4.03. The summed E-state index contributed by atoms with van der Waals surface area (Å²) in [5.74, 6) is 0.108. The van der Waals surface area contributed by atoms with Crippen molar-refractivity contribution in [3.05, 3.63) is 20.3 Å². The highest BCUT2D eigenvalue weighted by Crippen LogP contribution is 2.29. The molecular formula is C13H19BrN2O2S. The summed E-state index contributed by atoms with van der Waals surface area (Å²) in [5, 5.41) is 2.01. The molecule has 19 heavy (non-hydrogen) atoms. The van der Waals surface area contributed by atoms with E-state index in [1.54, 1.807) is 0 Å². The quantitative estimate of drug-likeness (QED) is 0.841. The number of morpholine rings is 1. The third-order valence-electron chi connectivity index (χ3n) is 3.09. The van der Waals surface area contributed by atoms with Gasteiger partial charge in [0.1, 0.15) is 4.88 Å². The number of hydrogen-bond donors (Lipinski definition) is 0. The lowest BCUT2D eigenvalue weighted by molar-refractivity contribution is -0.0305. The van der Waals surface area contributed by atoms with Gasteiger partial charge >= 0.3 is 0 Å². The van der Waals surface area contributed by atoms with E-state index in [9.17, 15) is 4.79 Å². The standard InChI is InChI=1S/C13H19BrN2O2S/c1-9-8-19-12(11(9)14)13(17)16-4-5-18-10(7-16)6-15(2)3/h8,10H,4-7H2,1-3H3. The number of amides is 1. The number of carbonyl (C=O) groups excluding carboxylic acids is 1. The maximum Gasteiger partial charge on any atom is 0.265 e. The highest BCUT2D eigenvalue weighted by Gasteiger charge is 2.27. The first-order valence-electron chi connectivity index (χ1n) is 6.28. The second-order valence-corrected chi connectivity index (χ2v) is 6.74. The minimum Gasteiger partial charge on any atom is -0.373 e. The van der Waals surface area contributed by atoms with Gasteiger partial charge in [-0.15, -0.1) is 11.3 Å². The predicted molar refractivity (Wildman–Crippen MR) is 81.0 cm³/mol. The third-order valence-corrected chi connectivity index (χ3v) is 5.46. The van der Waals surface area contributed by atoms with E-state index in [0.29, 0.717) is 19.7 Å². The Morgan fingerprint density at radius 2 is 2.37 bits per heavy atom. The molecule has 1 fully saturated rings. The first kappa shape index (κ1) is 15.0. The molecular weight excluding hydrogens is 328 g/mol. The number of ether oxygens (including phenoxy) is 1. The van der Waals surface area contributed by atoms with Crippen LogP contribution < -0.4 is 0 Å². The molecule has 0 saturated carbocycles. The molecule has 1 amide bonds. The minimum absolute atomic E-state index is 0.104. The molecule has 1 aliphatic rings. The van der Waals surface area contributed by atoms with E-state index >= 15 is 0 Å². The molecule has 4 nitrogen and oxygen atoms in total. The Morgan fingerprint density at radius 1 is 1.63 bits per heavy atom. The second-order valence-electron chi connectivity index (χ2n) is 5.07. The van der Waals surface area contributed by atoms with Gasteiger partial charge in [-0.05, 0) is 47.9 Å². The first-order chi connectivity index (χ1) is 8.99. The SMILES string of the molecule is Cc1csc(C(=O)N2CCOC(CN(C)C)C2)c1Br. The van der Waals surface area contributed by atoms with E-state index in [1.807, 2.05) is 31.3 Å². The second kappa shape index (κ2) is 6.35. The molecule has 0 N–H and O–H groups in total. The zero-order valence-electron chi connectivity index (χ0n) is 11.5. The molecule has 0 radical (unpaired) electrons. The molecule has 2 rings (SSSR count). The van der Waals surface area contributed by atoms with Crippen molar-refractivity contribution in [3.8, 4) is 0 Å². The van der Waals surface area contributed by atoms with Crippen LogP contribution in [0.2, 0.25) is 0 Å². The van der Waals surface area contributed by atoms with Gasteiger partial charge in [0.15, 0.2) is 0 Å². The lowest BCUT2D eigenvalue weighted by Crippen LogP contribution is -2.48. The average molecular weight is 347 g/mol. The van der Waals surface area contributed by atoms with E-state index in [0.717, 1.165) is 21.5 Å². The molecule has 1 saturated heterocycles. The molecule has 1 aliphatic heterocycles. The van der Waals surface area contributed by atoms with Gasteiger partial charge in [-0.2, -0.15) is 0 Å². The summed E-state index contributed by atoms with van der Waals surface area (Å²) in [6, 6.07) is 0. The minimum atomic E-state index is 0.104. The summed E-state index contributed by atoms with van der Waals surface area (Å²) in [6.45, 7) is 4.80. The Labute approximate surface area is 126 Å². The van der Waals surface area contributed by atoms with Gasteiger partial charge in [-0.25, -0.2) is 0 Å². The highest BCUT2D eigenvalue weighted by molar-refractivity contribution is 9.10. The van der Waals surface area contributed by atoms with Crippen LogP contribution in [-0.4, -0.2) is 62.1 Å². The fourth-order valence-corrected chi connectivity index (χ4v) is 3.76. The highest BCUT2D eigenvalue weighted by atomic mass is 79.9. The van der Waals surface area contributed by atoms with E-state index in [-0.39, 0.29) is 12.0 Å². The number of rotatable bonds is 3. The van der Waals surface area contributed by atoms with Gasteiger partial charge in [0.05, 0.1) is 12.7 Å². The first-order valence-corrected chi connectivity index (χ1v) is 7.95. The van der Waals surface area contributed by atoms with Crippen LogP contribution >= 0.6 is 27.3 Å². The summed E-state index contributed by atoms with van der Waals surface area (Å²) < 4.78 is 6.63. The van der Waals surface area contributed by atoms with Crippen molar-refractivity contribution in [2.75, 3.05) is 40.3 Å². The molecule has 0 spiro atoms. The van der Waals surface area contributed by atoms with Crippen LogP contribution in [0.25, 0.3) is 0 Å². The monoisotopic (exact) mass is 346 g/mol. The number of thiophene rings is 1. The van der Waals surface area contributed by atoms with Crippen molar-refractivity contribution >= 4 is 33.2 Å². The molecule has 1 aromatic heterocycles. The van der Waals surface area contributed by atoms with E-state index < -0.39 is 0 Å². The molecule has 1 aromatic rings. The zero-order valence-corrected chi connectivity index (χ0v) is 13.9. The van der Waals surface area contributed by atoms with Crippen molar-refractivity contribution in [2.24, 2.45) is 0 Å². The van der Waals surface area contributed by atoms with E-state index in [1.165, 1.54) is 11.3 Å². The zero-order chi connectivity index (χ0) is 14.0. The molecule has 1 atom stereocenters. The molecule has 0 aromatic carbocycles. The molecule has 0 bridgehead atoms. The Hall–Kier alpha value is -0.430. The van der Waals surface area contributed by atoms with E-state index in [4.69, 9.17) is 4.74 Å². The Morgan fingerprint density at radius 3 is 2.95 bits per heavy atom. The van der Waals surface area contributed by atoms with Gasteiger partial charge in [-0.1, -0.05) is 0 Å². The van der Waals surface area contributed by atoms with Gasteiger partial charge in [0, 0.05) is 24.1 Å².